The maximum absolute atomic E-state index is 12.0. The van der Waals surface area contributed by atoms with Gasteiger partial charge >= 0.3 is 5.97 Å². The molecule has 2 N–H and O–H groups in total. The molecule has 0 heterocycles. The average Bonchev–Trinajstić information content (AvgIpc) is 2.99. The van der Waals surface area contributed by atoms with Gasteiger partial charge in [-0.1, -0.05) is 23.7 Å². The molecule has 1 aromatic rings. The van der Waals surface area contributed by atoms with Crippen LogP contribution in [0.15, 0.2) is 24.3 Å². The smallest absolute Gasteiger partial charge is 0.328 e. The third kappa shape index (κ3) is 2.43. The number of rotatable bonds is 4. The second kappa shape index (κ2) is 5.02. The molecule has 1 aromatic carbocycles. The molecule has 0 saturated heterocycles. The number of carbonyl (C=O) groups excluding carboxylic acids is 1. The van der Waals surface area contributed by atoms with Crippen molar-refractivity contribution in [3.05, 3.63) is 34.9 Å². The van der Waals surface area contributed by atoms with Crippen molar-refractivity contribution in [2.24, 2.45) is 5.73 Å². The molecule has 0 radical (unpaired) electrons. The lowest BCUT2D eigenvalue weighted by Gasteiger charge is -2.10. The minimum atomic E-state index is -3.47. The first-order valence-corrected chi connectivity index (χ1v) is 8.46. The van der Waals surface area contributed by atoms with Crippen molar-refractivity contribution in [3.8, 4) is 0 Å². The van der Waals surface area contributed by atoms with Crippen LogP contribution in [0.5, 0.6) is 0 Å². The third-order valence-electron chi connectivity index (χ3n) is 3.50. The Balaban J connectivity index is 2.41. The van der Waals surface area contributed by atoms with Crippen LogP contribution in [-0.4, -0.2) is 38.0 Å². The fourth-order valence-corrected chi connectivity index (χ4v) is 4.47. The molecule has 3 atom stereocenters. The summed E-state index contributed by atoms with van der Waals surface area (Å²) in [4.78, 5) is 12.0. The monoisotopic (exact) mass is 317 g/mol. The number of sulfone groups is 1. The van der Waals surface area contributed by atoms with E-state index in [4.69, 9.17) is 22.1 Å². The second-order valence-electron chi connectivity index (χ2n) is 4.93. The minimum Gasteiger partial charge on any atom is -0.465 e. The molecular formula is C13H16ClNO4S. The molecule has 7 heteroatoms. The normalized spacial score (nSPS) is 29.0. The number of ether oxygens (including phenoxy) is 1. The summed E-state index contributed by atoms with van der Waals surface area (Å²) in [5.74, 6) is -1.29. The van der Waals surface area contributed by atoms with E-state index in [-0.39, 0.29) is 6.61 Å². The van der Waals surface area contributed by atoms with Gasteiger partial charge in [0.15, 0.2) is 9.84 Å². The first-order chi connectivity index (χ1) is 9.22. The first kappa shape index (κ1) is 15.3. The van der Waals surface area contributed by atoms with Gasteiger partial charge in [-0.2, -0.15) is 0 Å². The molecule has 1 aliphatic carbocycles. The van der Waals surface area contributed by atoms with Crippen LogP contribution in [0.1, 0.15) is 18.4 Å². The van der Waals surface area contributed by atoms with Crippen molar-refractivity contribution in [3.63, 3.8) is 0 Å². The minimum absolute atomic E-state index is 0.154. The molecule has 5 nitrogen and oxygen atoms in total. The highest BCUT2D eigenvalue weighted by atomic mass is 35.5. The van der Waals surface area contributed by atoms with Crippen LogP contribution in [0, 0.1) is 0 Å². The Morgan fingerprint density at radius 3 is 2.40 bits per heavy atom. The lowest BCUT2D eigenvalue weighted by molar-refractivity contribution is -0.145. The van der Waals surface area contributed by atoms with Crippen molar-refractivity contribution in [2.75, 3.05) is 12.9 Å². The Kier molecular flexibility index (Phi) is 3.83. The van der Waals surface area contributed by atoms with Crippen molar-refractivity contribution in [2.45, 2.75) is 23.6 Å². The molecule has 1 saturated carbocycles. The molecule has 1 fully saturated rings. The van der Waals surface area contributed by atoms with E-state index in [9.17, 15) is 13.2 Å². The van der Waals surface area contributed by atoms with Gasteiger partial charge in [-0.05, 0) is 24.6 Å². The summed E-state index contributed by atoms with van der Waals surface area (Å²) in [5.41, 5.74) is 5.18. The molecule has 0 spiro atoms. The number of hydrogen-bond donors (Lipinski definition) is 1. The Bertz CT molecular complexity index is 628. The van der Waals surface area contributed by atoms with Crippen LogP contribution in [-0.2, 0) is 19.4 Å². The zero-order chi connectivity index (χ0) is 15.1. The summed E-state index contributed by atoms with van der Waals surface area (Å²) in [6.07, 6.45) is 1.08. The SMILES string of the molecule is CCOC(=O)[C@@]1(N)[C@H](S(C)(=O)=O)[C@@H]1c1ccc(Cl)cc1. The molecule has 0 aliphatic heterocycles. The average molecular weight is 318 g/mol. The Morgan fingerprint density at radius 1 is 1.40 bits per heavy atom. The summed E-state index contributed by atoms with van der Waals surface area (Å²) >= 11 is 5.81. The Morgan fingerprint density at radius 2 is 1.95 bits per heavy atom. The fourth-order valence-electron chi connectivity index (χ4n) is 2.60. The molecule has 2 rings (SSSR count). The topological polar surface area (TPSA) is 86.5 Å². The molecule has 1 aliphatic rings. The number of hydrogen-bond acceptors (Lipinski definition) is 5. The molecule has 20 heavy (non-hydrogen) atoms. The van der Waals surface area contributed by atoms with Gasteiger partial charge in [0, 0.05) is 17.2 Å². The predicted octanol–water partition coefficient (Wildman–Crippen LogP) is 1.11. The van der Waals surface area contributed by atoms with E-state index >= 15 is 0 Å². The van der Waals surface area contributed by atoms with Crippen LogP contribution in [0.3, 0.4) is 0 Å². The summed E-state index contributed by atoms with van der Waals surface area (Å²) < 4.78 is 28.6. The van der Waals surface area contributed by atoms with E-state index in [1.54, 1.807) is 31.2 Å². The molecule has 0 bridgehead atoms. The van der Waals surface area contributed by atoms with Gasteiger partial charge in [-0.15, -0.1) is 0 Å². The Labute approximate surface area is 123 Å². The summed E-state index contributed by atoms with van der Waals surface area (Å²) in [5, 5.41) is -0.431. The zero-order valence-corrected chi connectivity index (χ0v) is 12.7. The van der Waals surface area contributed by atoms with E-state index in [1.807, 2.05) is 0 Å². The van der Waals surface area contributed by atoms with Gasteiger partial charge in [0.1, 0.15) is 5.54 Å². The maximum Gasteiger partial charge on any atom is 0.328 e. The lowest BCUT2D eigenvalue weighted by atomic mass is 10.1. The van der Waals surface area contributed by atoms with Gasteiger partial charge in [0.05, 0.1) is 11.9 Å². The number of benzene rings is 1. The highest BCUT2D eigenvalue weighted by Gasteiger charge is 2.73. The van der Waals surface area contributed by atoms with Crippen molar-refractivity contribution < 1.29 is 17.9 Å². The molecule has 0 aromatic heterocycles. The largest absolute Gasteiger partial charge is 0.465 e. The zero-order valence-electron chi connectivity index (χ0n) is 11.2. The van der Waals surface area contributed by atoms with E-state index < -0.39 is 32.5 Å². The third-order valence-corrected chi connectivity index (χ3v) is 5.34. The van der Waals surface area contributed by atoms with E-state index in [0.717, 1.165) is 6.26 Å². The quantitative estimate of drug-likeness (QED) is 0.841. The van der Waals surface area contributed by atoms with Crippen LogP contribution in [0.25, 0.3) is 0 Å². The van der Waals surface area contributed by atoms with Crippen LogP contribution in [0.4, 0.5) is 0 Å². The first-order valence-electron chi connectivity index (χ1n) is 6.13. The molecular weight excluding hydrogens is 302 g/mol. The van der Waals surface area contributed by atoms with Crippen molar-refractivity contribution in [1.82, 2.24) is 0 Å². The van der Waals surface area contributed by atoms with Crippen LogP contribution in [0.2, 0.25) is 5.02 Å². The van der Waals surface area contributed by atoms with Gasteiger partial charge in [0.2, 0.25) is 0 Å². The van der Waals surface area contributed by atoms with Crippen LogP contribution < -0.4 is 5.73 Å². The van der Waals surface area contributed by atoms with Gasteiger partial charge < -0.3 is 10.5 Å². The molecule has 0 unspecified atom stereocenters. The summed E-state index contributed by atoms with van der Waals surface area (Å²) in [6.45, 7) is 1.80. The van der Waals surface area contributed by atoms with Crippen molar-refractivity contribution in [1.29, 1.82) is 0 Å². The predicted molar refractivity (Wildman–Crippen MR) is 76.4 cm³/mol. The van der Waals surface area contributed by atoms with Crippen LogP contribution >= 0.6 is 11.6 Å². The van der Waals surface area contributed by atoms with Gasteiger partial charge in [-0.25, -0.2) is 13.2 Å². The maximum atomic E-state index is 12.0. The number of halogens is 1. The fraction of sp³-hybridized carbons (Fsp3) is 0.462. The molecule has 0 amide bonds. The number of carbonyl (C=O) groups is 1. The molecule has 110 valence electrons. The van der Waals surface area contributed by atoms with Gasteiger partial charge in [-0.3, -0.25) is 0 Å². The highest BCUT2D eigenvalue weighted by Crippen LogP contribution is 2.54. The van der Waals surface area contributed by atoms with E-state index in [1.165, 1.54) is 0 Å². The van der Waals surface area contributed by atoms with Crippen molar-refractivity contribution >= 4 is 27.4 Å². The summed E-state index contributed by atoms with van der Waals surface area (Å²) in [6, 6.07) is 6.64. The van der Waals surface area contributed by atoms with Gasteiger partial charge in [0.25, 0.3) is 0 Å². The standard InChI is InChI=1S/C13H16ClNO4S/c1-3-19-12(16)13(15)10(11(13)20(2,17)18)8-4-6-9(14)7-5-8/h4-7,10-11H,3,15H2,1-2H3/t10-,11+,13-/m0/s1. The van der Waals surface area contributed by atoms with E-state index in [0.29, 0.717) is 10.6 Å². The Hall–Kier alpha value is -1.11. The number of nitrogens with two attached hydrogens (primary N) is 1. The lowest BCUT2D eigenvalue weighted by Crippen LogP contribution is -2.41. The van der Waals surface area contributed by atoms with E-state index in [2.05, 4.69) is 0 Å². The number of esters is 1. The summed E-state index contributed by atoms with van der Waals surface area (Å²) in [7, 11) is -3.47. The second-order valence-corrected chi connectivity index (χ2v) is 7.54. The highest BCUT2D eigenvalue weighted by molar-refractivity contribution is 7.91.